The third kappa shape index (κ3) is 4.61. The van der Waals surface area contributed by atoms with Crippen LogP contribution in [0.5, 0.6) is 0 Å². The molecule has 2 N–H and O–H groups in total. The minimum absolute atomic E-state index is 0.0546. The number of amides is 1. The third-order valence-electron chi connectivity index (χ3n) is 1.62. The summed E-state index contributed by atoms with van der Waals surface area (Å²) in [6.07, 6.45) is -0.564. The number of hydrogen-bond donors (Lipinski definition) is 2. The second kappa shape index (κ2) is 5.66. The standard InChI is InChI=1S/C10H13BrN2O4S/c1-10(2,3)17-9(16)12-4-5-13-6(8(14)15)7(11)18-5/h4H2,1-3H3,(H,12,16)(H,14,15). The van der Waals surface area contributed by atoms with E-state index < -0.39 is 17.7 Å². The van der Waals surface area contributed by atoms with Gasteiger partial charge in [-0.2, -0.15) is 0 Å². The van der Waals surface area contributed by atoms with E-state index in [-0.39, 0.29) is 12.2 Å². The maximum Gasteiger partial charge on any atom is 0.408 e. The Hall–Kier alpha value is -1.15. The molecule has 1 heterocycles. The molecule has 6 nitrogen and oxygen atoms in total. The SMILES string of the molecule is CC(C)(C)OC(=O)NCc1nc(C(=O)O)c(Br)s1. The van der Waals surface area contributed by atoms with Gasteiger partial charge >= 0.3 is 12.1 Å². The number of thiazole rings is 1. The molecule has 0 radical (unpaired) electrons. The monoisotopic (exact) mass is 336 g/mol. The van der Waals surface area contributed by atoms with Crippen LogP contribution in [-0.2, 0) is 11.3 Å². The van der Waals surface area contributed by atoms with E-state index in [4.69, 9.17) is 9.84 Å². The molecule has 1 amide bonds. The zero-order valence-electron chi connectivity index (χ0n) is 10.1. The Morgan fingerprint density at radius 3 is 2.56 bits per heavy atom. The number of ether oxygens (including phenoxy) is 1. The van der Waals surface area contributed by atoms with Crippen LogP contribution >= 0.6 is 27.3 Å². The number of carboxylic acid groups (broad SMARTS) is 1. The van der Waals surface area contributed by atoms with E-state index in [1.807, 2.05) is 0 Å². The second-order valence-corrected chi connectivity index (χ2v) is 6.79. The molecule has 0 saturated carbocycles. The topological polar surface area (TPSA) is 88.5 Å². The number of nitrogens with one attached hydrogen (secondary N) is 1. The molecule has 0 atom stereocenters. The van der Waals surface area contributed by atoms with E-state index in [1.54, 1.807) is 20.8 Å². The summed E-state index contributed by atoms with van der Waals surface area (Å²) in [6.45, 7) is 5.41. The summed E-state index contributed by atoms with van der Waals surface area (Å²) in [7, 11) is 0. The van der Waals surface area contributed by atoms with E-state index in [0.29, 0.717) is 8.79 Å². The van der Waals surface area contributed by atoms with Crippen LogP contribution in [0.4, 0.5) is 4.79 Å². The number of carbonyl (C=O) groups excluding carboxylic acids is 1. The van der Waals surface area contributed by atoms with Crippen LogP contribution in [0.2, 0.25) is 0 Å². The predicted octanol–water partition coefficient (Wildman–Crippen LogP) is 2.63. The van der Waals surface area contributed by atoms with Gasteiger partial charge in [0.05, 0.1) is 6.54 Å². The van der Waals surface area contributed by atoms with Gasteiger partial charge < -0.3 is 15.2 Å². The first kappa shape index (κ1) is 14.9. The van der Waals surface area contributed by atoms with Gasteiger partial charge in [-0.1, -0.05) is 0 Å². The minimum Gasteiger partial charge on any atom is -0.476 e. The van der Waals surface area contributed by atoms with Crippen LogP contribution in [0, 0.1) is 0 Å². The molecule has 18 heavy (non-hydrogen) atoms. The van der Waals surface area contributed by atoms with E-state index in [9.17, 15) is 9.59 Å². The van der Waals surface area contributed by atoms with Crippen molar-refractivity contribution >= 4 is 39.3 Å². The zero-order chi connectivity index (χ0) is 13.9. The van der Waals surface area contributed by atoms with Crippen LogP contribution in [0.1, 0.15) is 36.3 Å². The van der Waals surface area contributed by atoms with Gasteiger partial charge in [-0.15, -0.1) is 11.3 Å². The van der Waals surface area contributed by atoms with Gasteiger partial charge in [0.15, 0.2) is 5.69 Å². The highest BCUT2D eigenvalue weighted by Crippen LogP contribution is 2.24. The molecule has 1 aromatic rings. The average Bonchev–Trinajstić information content (AvgIpc) is 2.54. The Labute approximate surface area is 116 Å². The number of alkyl carbamates (subject to hydrolysis) is 1. The predicted molar refractivity (Wildman–Crippen MR) is 69.8 cm³/mol. The lowest BCUT2D eigenvalue weighted by molar-refractivity contribution is 0.0523. The molecule has 0 unspecified atom stereocenters. The number of aromatic carboxylic acids is 1. The summed E-state index contributed by atoms with van der Waals surface area (Å²) in [5.74, 6) is -1.11. The van der Waals surface area contributed by atoms with Gasteiger partial charge in [-0.05, 0) is 36.7 Å². The fourth-order valence-corrected chi connectivity index (χ4v) is 2.55. The first-order valence-electron chi connectivity index (χ1n) is 5.04. The molecule has 1 rings (SSSR count). The molecule has 0 aromatic carbocycles. The van der Waals surface area contributed by atoms with Crippen molar-refractivity contribution in [1.82, 2.24) is 10.3 Å². The summed E-state index contributed by atoms with van der Waals surface area (Å²) in [6, 6.07) is 0. The number of halogens is 1. The molecule has 0 aliphatic rings. The Bertz CT molecular complexity index is 467. The number of carboxylic acids is 1. The molecule has 0 aliphatic carbocycles. The van der Waals surface area contributed by atoms with Crippen LogP contribution in [0.15, 0.2) is 3.79 Å². The molecule has 100 valence electrons. The number of carbonyl (C=O) groups is 2. The molecular weight excluding hydrogens is 324 g/mol. The van der Waals surface area contributed by atoms with Crippen LogP contribution in [-0.4, -0.2) is 27.8 Å². The lowest BCUT2D eigenvalue weighted by atomic mass is 10.2. The van der Waals surface area contributed by atoms with E-state index in [0.717, 1.165) is 11.3 Å². The van der Waals surface area contributed by atoms with Crippen LogP contribution in [0.3, 0.4) is 0 Å². The summed E-state index contributed by atoms with van der Waals surface area (Å²) in [5.41, 5.74) is -0.624. The largest absolute Gasteiger partial charge is 0.476 e. The Kier molecular flexibility index (Phi) is 4.69. The first-order chi connectivity index (χ1) is 8.19. The molecule has 0 fully saturated rings. The van der Waals surface area contributed by atoms with Crippen molar-refractivity contribution in [2.75, 3.05) is 0 Å². The van der Waals surface area contributed by atoms with E-state index >= 15 is 0 Å². The second-order valence-electron chi connectivity index (χ2n) is 4.39. The molecule has 0 saturated heterocycles. The van der Waals surface area contributed by atoms with Gasteiger partial charge in [0.2, 0.25) is 0 Å². The summed E-state index contributed by atoms with van der Waals surface area (Å²) < 4.78 is 5.47. The number of rotatable bonds is 3. The maximum atomic E-state index is 11.4. The molecule has 0 spiro atoms. The van der Waals surface area contributed by atoms with E-state index in [2.05, 4.69) is 26.2 Å². The van der Waals surface area contributed by atoms with E-state index in [1.165, 1.54) is 0 Å². The number of aromatic nitrogens is 1. The highest BCUT2D eigenvalue weighted by molar-refractivity contribution is 9.11. The van der Waals surface area contributed by atoms with Crippen molar-refractivity contribution in [2.45, 2.75) is 32.9 Å². The molecule has 8 heteroatoms. The van der Waals surface area contributed by atoms with Gasteiger partial charge in [0, 0.05) is 0 Å². The zero-order valence-corrected chi connectivity index (χ0v) is 12.5. The highest BCUT2D eigenvalue weighted by Gasteiger charge is 2.18. The number of hydrogen-bond acceptors (Lipinski definition) is 5. The number of nitrogens with zero attached hydrogens (tertiary/aromatic N) is 1. The maximum absolute atomic E-state index is 11.4. The Morgan fingerprint density at radius 1 is 1.50 bits per heavy atom. The highest BCUT2D eigenvalue weighted by atomic mass is 79.9. The van der Waals surface area contributed by atoms with Gasteiger partial charge in [0.25, 0.3) is 0 Å². The van der Waals surface area contributed by atoms with Gasteiger partial charge in [-0.3, -0.25) is 0 Å². The van der Waals surface area contributed by atoms with Crippen molar-refractivity contribution in [3.05, 3.63) is 14.5 Å². The normalized spacial score (nSPS) is 11.1. The average molecular weight is 337 g/mol. The third-order valence-corrected chi connectivity index (χ3v) is 3.32. The Balaban J connectivity index is 2.57. The lowest BCUT2D eigenvalue weighted by Gasteiger charge is -2.19. The fraction of sp³-hybridized carbons (Fsp3) is 0.500. The first-order valence-corrected chi connectivity index (χ1v) is 6.65. The van der Waals surface area contributed by atoms with Gasteiger partial charge in [0.1, 0.15) is 14.4 Å². The molecule has 0 bridgehead atoms. The van der Waals surface area contributed by atoms with Crippen molar-refractivity contribution in [3.8, 4) is 0 Å². The van der Waals surface area contributed by atoms with Crippen LogP contribution in [0.25, 0.3) is 0 Å². The summed E-state index contributed by atoms with van der Waals surface area (Å²) in [5, 5.41) is 11.8. The van der Waals surface area contributed by atoms with Gasteiger partial charge in [-0.25, -0.2) is 14.6 Å². The lowest BCUT2D eigenvalue weighted by Crippen LogP contribution is -2.32. The quantitative estimate of drug-likeness (QED) is 0.885. The summed E-state index contributed by atoms with van der Waals surface area (Å²) >= 11 is 4.26. The fourth-order valence-electron chi connectivity index (χ4n) is 1.01. The molecule has 1 aromatic heterocycles. The Morgan fingerprint density at radius 2 is 2.11 bits per heavy atom. The smallest absolute Gasteiger partial charge is 0.408 e. The molecule has 0 aliphatic heterocycles. The molecular formula is C10H13BrN2O4S. The van der Waals surface area contributed by atoms with Crippen molar-refractivity contribution in [3.63, 3.8) is 0 Å². The summed E-state index contributed by atoms with van der Waals surface area (Å²) in [4.78, 5) is 26.0. The minimum atomic E-state index is -1.11. The van der Waals surface area contributed by atoms with Crippen LogP contribution < -0.4 is 5.32 Å². The van der Waals surface area contributed by atoms with Crippen molar-refractivity contribution in [1.29, 1.82) is 0 Å². The van der Waals surface area contributed by atoms with Crippen molar-refractivity contribution < 1.29 is 19.4 Å². The van der Waals surface area contributed by atoms with Crippen molar-refractivity contribution in [2.24, 2.45) is 0 Å².